The largest absolute Gasteiger partial charge is 0.481 e. The van der Waals surface area contributed by atoms with Crippen LogP contribution in [0.4, 0.5) is 0 Å². The highest BCUT2D eigenvalue weighted by Gasteiger charge is 2.70. The van der Waals surface area contributed by atoms with Crippen LogP contribution in [0.1, 0.15) is 31.2 Å². The fraction of sp³-hybridized carbons (Fsp3) is 0.556. The highest BCUT2D eigenvalue weighted by atomic mass is 35.5. The Bertz CT molecular complexity index is 694. The van der Waals surface area contributed by atoms with E-state index < -0.39 is 17.0 Å². The second-order valence-corrected chi connectivity index (χ2v) is 7.85. The first-order chi connectivity index (χ1) is 11.4. The van der Waals surface area contributed by atoms with Crippen LogP contribution in [0.5, 0.6) is 0 Å². The van der Waals surface area contributed by atoms with Crippen molar-refractivity contribution in [3.8, 4) is 0 Å². The van der Waals surface area contributed by atoms with Crippen molar-refractivity contribution in [2.45, 2.75) is 37.8 Å². The maximum atomic E-state index is 13.1. The summed E-state index contributed by atoms with van der Waals surface area (Å²) < 4.78 is 5.69. The van der Waals surface area contributed by atoms with Gasteiger partial charge in [-0.05, 0) is 30.4 Å². The van der Waals surface area contributed by atoms with E-state index in [2.05, 4.69) is 0 Å². The van der Waals surface area contributed by atoms with E-state index >= 15 is 0 Å². The fourth-order valence-electron chi connectivity index (χ4n) is 3.90. The number of fused-ring (bicyclic) bond motifs is 1. The number of hydrogen-bond donors (Lipinski definition) is 1. The molecule has 2 bridgehead atoms. The van der Waals surface area contributed by atoms with Crippen LogP contribution < -0.4 is 0 Å². The molecule has 2 saturated heterocycles. The van der Waals surface area contributed by atoms with Crippen LogP contribution in [0.25, 0.3) is 0 Å². The second kappa shape index (κ2) is 5.46. The van der Waals surface area contributed by atoms with Gasteiger partial charge in [-0.1, -0.05) is 29.8 Å². The van der Waals surface area contributed by atoms with Crippen LogP contribution in [0.15, 0.2) is 24.3 Å². The third-order valence-electron chi connectivity index (χ3n) is 5.50. The lowest BCUT2D eigenvalue weighted by Crippen LogP contribution is -2.58. The van der Waals surface area contributed by atoms with E-state index in [1.807, 2.05) is 29.2 Å². The van der Waals surface area contributed by atoms with E-state index in [1.165, 1.54) is 0 Å². The summed E-state index contributed by atoms with van der Waals surface area (Å²) in [5.74, 6) is -0.398. The Morgan fingerprint density at radius 2 is 2.00 bits per heavy atom. The molecule has 5 rings (SSSR count). The lowest BCUT2D eigenvalue weighted by molar-refractivity contribution is -0.165. The molecule has 0 atom stereocenters. The van der Waals surface area contributed by atoms with Crippen LogP contribution >= 0.6 is 11.6 Å². The number of carbonyl (C=O) groups excluding carboxylic acids is 1. The van der Waals surface area contributed by atoms with Gasteiger partial charge < -0.3 is 14.7 Å². The molecule has 0 radical (unpaired) electrons. The normalized spacial score (nSPS) is 30.7. The topological polar surface area (TPSA) is 66.8 Å². The lowest BCUT2D eigenvalue weighted by atomic mass is 9.62. The van der Waals surface area contributed by atoms with Gasteiger partial charge in [0.2, 0.25) is 0 Å². The van der Waals surface area contributed by atoms with E-state index in [0.29, 0.717) is 24.0 Å². The molecule has 4 fully saturated rings. The first kappa shape index (κ1) is 15.9. The summed E-state index contributed by atoms with van der Waals surface area (Å²) >= 11 is 6.25. The van der Waals surface area contributed by atoms with Crippen molar-refractivity contribution in [3.05, 3.63) is 34.9 Å². The van der Waals surface area contributed by atoms with Crippen molar-refractivity contribution in [1.29, 1.82) is 0 Å². The van der Waals surface area contributed by atoms with Crippen molar-refractivity contribution in [3.63, 3.8) is 0 Å². The SMILES string of the molecule is O=C(O)C12COC(C(=O)N(Cc3ccccc3Cl)CC3CC3)(C1)C2. The van der Waals surface area contributed by atoms with Crippen molar-refractivity contribution in [2.24, 2.45) is 11.3 Å². The summed E-state index contributed by atoms with van der Waals surface area (Å²) in [5, 5.41) is 9.99. The number of ether oxygens (including phenoxy) is 1. The zero-order chi connectivity index (χ0) is 16.9. The Morgan fingerprint density at radius 3 is 2.58 bits per heavy atom. The van der Waals surface area contributed by atoms with Crippen molar-refractivity contribution in [1.82, 2.24) is 4.90 Å². The molecule has 1 amide bonds. The first-order valence-electron chi connectivity index (χ1n) is 8.34. The average Bonchev–Trinajstić information content (AvgIpc) is 3.13. The molecule has 5 nitrogen and oxygen atoms in total. The number of aliphatic carboxylic acids is 1. The molecule has 1 aromatic rings. The van der Waals surface area contributed by atoms with E-state index in [1.54, 1.807) is 0 Å². The van der Waals surface area contributed by atoms with Crippen molar-refractivity contribution >= 4 is 23.5 Å². The monoisotopic (exact) mass is 349 g/mol. The number of carboxylic acids is 1. The number of halogens is 1. The van der Waals surface area contributed by atoms with E-state index in [4.69, 9.17) is 16.3 Å². The molecule has 2 heterocycles. The molecule has 24 heavy (non-hydrogen) atoms. The third-order valence-corrected chi connectivity index (χ3v) is 5.87. The Morgan fingerprint density at radius 1 is 1.29 bits per heavy atom. The molecule has 0 aromatic heterocycles. The highest BCUT2D eigenvalue weighted by Crippen LogP contribution is 2.58. The zero-order valence-electron chi connectivity index (χ0n) is 13.3. The summed E-state index contributed by atoms with van der Waals surface area (Å²) in [4.78, 5) is 26.3. The minimum absolute atomic E-state index is 0.0799. The van der Waals surface area contributed by atoms with Crippen LogP contribution in [-0.4, -0.2) is 40.6 Å². The van der Waals surface area contributed by atoms with Crippen LogP contribution in [0.2, 0.25) is 5.02 Å². The molecular weight excluding hydrogens is 330 g/mol. The summed E-state index contributed by atoms with van der Waals surface area (Å²) in [6.45, 7) is 1.27. The van der Waals surface area contributed by atoms with Gasteiger partial charge >= 0.3 is 5.97 Å². The standard InChI is InChI=1S/C18H20ClNO4/c19-14-4-2-1-3-13(14)8-20(7-12-5-6-12)15(21)18-9-17(10-18,11-24-18)16(22)23/h1-4,12H,5-11H2,(H,22,23). The first-order valence-corrected chi connectivity index (χ1v) is 8.72. The van der Waals surface area contributed by atoms with Gasteiger partial charge in [0.05, 0.1) is 12.0 Å². The number of hydrogen-bond acceptors (Lipinski definition) is 3. The summed E-state index contributed by atoms with van der Waals surface area (Å²) in [5.41, 5.74) is -0.883. The van der Waals surface area contributed by atoms with Crippen molar-refractivity contribution in [2.75, 3.05) is 13.2 Å². The maximum Gasteiger partial charge on any atom is 0.312 e. The lowest BCUT2D eigenvalue weighted by Gasteiger charge is -2.43. The summed E-state index contributed by atoms with van der Waals surface area (Å²) in [6, 6.07) is 7.51. The number of amides is 1. The Hall–Kier alpha value is -1.59. The van der Waals surface area contributed by atoms with E-state index in [-0.39, 0.29) is 25.4 Å². The zero-order valence-corrected chi connectivity index (χ0v) is 14.1. The molecule has 2 aliphatic carbocycles. The van der Waals surface area contributed by atoms with Gasteiger partial charge in [-0.15, -0.1) is 0 Å². The molecular formula is C18H20ClNO4. The fourth-order valence-corrected chi connectivity index (χ4v) is 4.10. The average molecular weight is 350 g/mol. The molecule has 6 heteroatoms. The predicted molar refractivity (Wildman–Crippen MR) is 87.6 cm³/mol. The van der Waals surface area contributed by atoms with Crippen LogP contribution in [0, 0.1) is 11.3 Å². The van der Waals surface area contributed by atoms with E-state index in [0.717, 1.165) is 18.4 Å². The van der Waals surface area contributed by atoms with Gasteiger partial charge in [-0.25, -0.2) is 0 Å². The quantitative estimate of drug-likeness (QED) is 0.857. The molecule has 0 spiro atoms. The molecule has 1 N–H and O–H groups in total. The number of nitrogens with zero attached hydrogens (tertiary/aromatic N) is 1. The molecule has 2 saturated carbocycles. The molecule has 0 unspecified atom stereocenters. The van der Waals surface area contributed by atoms with Gasteiger partial charge in [0, 0.05) is 31.0 Å². The predicted octanol–water partition coefficient (Wildman–Crippen LogP) is 2.71. The van der Waals surface area contributed by atoms with E-state index in [9.17, 15) is 14.7 Å². The van der Waals surface area contributed by atoms with Crippen LogP contribution in [0.3, 0.4) is 0 Å². The molecule has 2 aliphatic heterocycles. The Labute approximate surface area is 145 Å². The van der Waals surface area contributed by atoms with Gasteiger partial charge in [0.25, 0.3) is 5.91 Å². The molecule has 4 aliphatic rings. The number of carbonyl (C=O) groups is 2. The van der Waals surface area contributed by atoms with Crippen molar-refractivity contribution < 1.29 is 19.4 Å². The Balaban J connectivity index is 1.53. The maximum absolute atomic E-state index is 13.1. The number of carboxylic acid groups (broad SMARTS) is 1. The van der Waals surface area contributed by atoms with Gasteiger partial charge in [0.1, 0.15) is 5.60 Å². The highest BCUT2D eigenvalue weighted by molar-refractivity contribution is 6.31. The van der Waals surface area contributed by atoms with Gasteiger partial charge in [-0.3, -0.25) is 9.59 Å². The third kappa shape index (κ3) is 2.50. The second-order valence-electron chi connectivity index (χ2n) is 7.44. The molecule has 128 valence electrons. The van der Waals surface area contributed by atoms with Gasteiger partial charge in [0.15, 0.2) is 0 Å². The minimum Gasteiger partial charge on any atom is -0.481 e. The summed E-state index contributed by atoms with van der Waals surface area (Å²) in [6.07, 6.45) is 2.86. The number of benzene rings is 1. The van der Waals surface area contributed by atoms with Crippen LogP contribution in [-0.2, 0) is 20.9 Å². The Kier molecular flexibility index (Phi) is 3.62. The minimum atomic E-state index is -0.936. The van der Waals surface area contributed by atoms with Gasteiger partial charge in [-0.2, -0.15) is 0 Å². The summed E-state index contributed by atoms with van der Waals surface area (Å²) in [7, 11) is 0. The number of rotatable bonds is 6. The molecule has 1 aromatic carbocycles. The smallest absolute Gasteiger partial charge is 0.312 e.